The lowest BCUT2D eigenvalue weighted by molar-refractivity contribution is -0.192. The van der Waals surface area contributed by atoms with E-state index < -0.39 is 36.2 Å². The second-order valence-corrected chi connectivity index (χ2v) is 6.30. The molecule has 2 aromatic rings. The maximum atomic E-state index is 12.7. The summed E-state index contributed by atoms with van der Waals surface area (Å²) >= 11 is 0. The van der Waals surface area contributed by atoms with Crippen LogP contribution in [0.2, 0.25) is 0 Å². The van der Waals surface area contributed by atoms with Crippen LogP contribution < -0.4 is 5.73 Å². The standard InChI is InChI=1S/C19H19NO5.C2HF3O2/c20-15(19(23)24)11-12-16(21)25-18(14-9-5-2-6-10-14)17(22)13-7-3-1-4-8-13;3-2(4,5)1(6)7/h1-10,15,18H,11-12,20H2,(H,23,24);(H,6,7)/t15-,18?;/m0./s1. The fourth-order valence-corrected chi connectivity index (χ4v) is 2.24. The number of carboxylic acids is 2. The Hall–Kier alpha value is -3.73. The lowest BCUT2D eigenvalue weighted by Gasteiger charge is -2.18. The number of hydrogen-bond donors (Lipinski definition) is 3. The van der Waals surface area contributed by atoms with Gasteiger partial charge in [0.25, 0.3) is 0 Å². The highest BCUT2D eigenvalue weighted by Crippen LogP contribution is 2.23. The number of halogens is 3. The topological polar surface area (TPSA) is 144 Å². The second-order valence-electron chi connectivity index (χ2n) is 6.30. The molecule has 0 fully saturated rings. The number of carbonyl (C=O) groups is 4. The van der Waals surface area contributed by atoms with Gasteiger partial charge in [-0.1, -0.05) is 60.7 Å². The average molecular weight is 455 g/mol. The number of Topliss-reactive ketones (excluding diaryl/α,β-unsaturated/α-hetero) is 1. The van der Waals surface area contributed by atoms with Gasteiger partial charge in [-0.2, -0.15) is 13.2 Å². The van der Waals surface area contributed by atoms with Gasteiger partial charge < -0.3 is 20.7 Å². The molecule has 172 valence electrons. The van der Waals surface area contributed by atoms with Crippen LogP contribution in [0.5, 0.6) is 0 Å². The molecular formula is C21H20F3NO7. The molecule has 2 rings (SSSR count). The fourth-order valence-electron chi connectivity index (χ4n) is 2.24. The van der Waals surface area contributed by atoms with Crippen LogP contribution in [0, 0.1) is 0 Å². The van der Waals surface area contributed by atoms with Gasteiger partial charge in [0.05, 0.1) is 0 Å². The largest absolute Gasteiger partial charge is 0.490 e. The smallest absolute Gasteiger partial charge is 0.480 e. The third-order valence-corrected chi connectivity index (χ3v) is 3.87. The van der Waals surface area contributed by atoms with Crippen LogP contribution in [0.15, 0.2) is 60.7 Å². The van der Waals surface area contributed by atoms with E-state index in [1.165, 1.54) is 0 Å². The van der Waals surface area contributed by atoms with Crippen LogP contribution in [-0.4, -0.2) is 46.1 Å². The minimum absolute atomic E-state index is 0.0603. The van der Waals surface area contributed by atoms with E-state index in [4.69, 9.17) is 25.5 Å². The molecule has 2 atom stereocenters. The van der Waals surface area contributed by atoms with Crippen molar-refractivity contribution in [3.63, 3.8) is 0 Å². The second kappa shape index (κ2) is 12.2. The molecule has 0 saturated heterocycles. The number of carbonyl (C=O) groups excluding carboxylic acids is 2. The van der Waals surface area contributed by atoms with Crippen molar-refractivity contribution in [3.8, 4) is 0 Å². The number of ketones is 1. The van der Waals surface area contributed by atoms with Gasteiger partial charge in [0, 0.05) is 17.5 Å². The maximum absolute atomic E-state index is 12.7. The SMILES string of the molecule is N[C@@H](CCC(=O)OC(C(=O)c1ccccc1)c1ccccc1)C(=O)O.O=C(O)C(F)(F)F. The normalized spacial score (nSPS) is 12.5. The molecule has 0 amide bonds. The molecule has 0 radical (unpaired) electrons. The summed E-state index contributed by atoms with van der Waals surface area (Å²) in [6, 6.07) is 16.1. The molecule has 0 aromatic heterocycles. The Kier molecular flexibility index (Phi) is 10.0. The average Bonchev–Trinajstić information content (AvgIpc) is 2.76. The van der Waals surface area contributed by atoms with Gasteiger partial charge in [0.15, 0.2) is 6.10 Å². The number of carboxylic acid groups (broad SMARTS) is 2. The third-order valence-electron chi connectivity index (χ3n) is 3.87. The molecule has 11 heteroatoms. The Bertz CT molecular complexity index is 918. The Morgan fingerprint density at radius 2 is 1.38 bits per heavy atom. The molecule has 4 N–H and O–H groups in total. The summed E-state index contributed by atoms with van der Waals surface area (Å²) in [4.78, 5) is 44.4. The molecule has 0 aliphatic carbocycles. The van der Waals surface area contributed by atoms with Gasteiger partial charge in [0.1, 0.15) is 6.04 Å². The molecule has 0 bridgehead atoms. The maximum Gasteiger partial charge on any atom is 0.490 e. The van der Waals surface area contributed by atoms with Gasteiger partial charge in [0.2, 0.25) is 5.78 Å². The van der Waals surface area contributed by atoms with Crippen LogP contribution in [0.25, 0.3) is 0 Å². The van der Waals surface area contributed by atoms with Crippen LogP contribution in [-0.2, 0) is 19.1 Å². The fraction of sp³-hybridized carbons (Fsp3) is 0.238. The van der Waals surface area contributed by atoms with Gasteiger partial charge in [-0.3, -0.25) is 14.4 Å². The highest BCUT2D eigenvalue weighted by Gasteiger charge is 2.38. The van der Waals surface area contributed by atoms with Crippen molar-refractivity contribution in [2.75, 3.05) is 0 Å². The van der Waals surface area contributed by atoms with Crippen molar-refractivity contribution < 1.29 is 47.3 Å². The van der Waals surface area contributed by atoms with E-state index in [1.54, 1.807) is 60.7 Å². The van der Waals surface area contributed by atoms with Crippen molar-refractivity contribution in [3.05, 3.63) is 71.8 Å². The summed E-state index contributed by atoms with van der Waals surface area (Å²) in [5.41, 5.74) is 6.35. The molecule has 32 heavy (non-hydrogen) atoms. The first-order valence-corrected chi connectivity index (χ1v) is 9.05. The lowest BCUT2D eigenvalue weighted by Crippen LogP contribution is -2.31. The summed E-state index contributed by atoms with van der Waals surface area (Å²) in [6.07, 6.45) is -6.41. The zero-order valence-corrected chi connectivity index (χ0v) is 16.5. The Morgan fingerprint density at radius 3 is 1.81 bits per heavy atom. The number of rotatable bonds is 8. The van der Waals surface area contributed by atoms with Crippen molar-refractivity contribution in [1.82, 2.24) is 0 Å². The number of nitrogens with two attached hydrogens (primary N) is 1. The lowest BCUT2D eigenvalue weighted by atomic mass is 10.00. The molecular weight excluding hydrogens is 435 g/mol. The first kappa shape index (κ1) is 26.3. The van der Waals surface area contributed by atoms with Gasteiger partial charge >= 0.3 is 24.1 Å². The number of hydrogen-bond acceptors (Lipinski definition) is 6. The van der Waals surface area contributed by atoms with E-state index in [9.17, 15) is 27.6 Å². The number of alkyl halides is 3. The molecule has 0 aliphatic heterocycles. The molecule has 0 heterocycles. The highest BCUT2D eigenvalue weighted by atomic mass is 19.4. The van der Waals surface area contributed by atoms with Gasteiger partial charge in [-0.05, 0) is 6.42 Å². The Morgan fingerprint density at radius 1 is 0.906 bits per heavy atom. The van der Waals surface area contributed by atoms with Crippen LogP contribution in [0.3, 0.4) is 0 Å². The quantitative estimate of drug-likeness (QED) is 0.407. The summed E-state index contributed by atoms with van der Waals surface area (Å²) in [6.45, 7) is 0. The van der Waals surface area contributed by atoms with Crippen LogP contribution in [0.4, 0.5) is 13.2 Å². The molecule has 0 aliphatic rings. The van der Waals surface area contributed by atoms with E-state index in [1.807, 2.05) is 0 Å². The van der Waals surface area contributed by atoms with Crippen molar-refractivity contribution >= 4 is 23.7 Å². The summed E-state index contributed by atoms with van der Waals surface area (Å²) in [5.74, 6) is -4.96. The van der Waals surface area contributed by atoms with Crippen LogP contribution >= 0.6 is 0 Å². The minimum atomic E-state index is -5.08. The highest BCUT2D eigenvalue weighted by molar-refractivity contribution is 6.01. The van der Waals surface area contributed by atoms with E-state index in [-0.39, 0.29) is 18.6 Å². The molecule has 0 spiro atoms. The predicted molar refractivity (Wildman–Crippen MR) is 105 cm³/mol. The molecule has 2 aromatic carbocycles. The number of aliphatic carboxylic acids is 2. The monoisotopic (exact) mass is 455 g/mol. The molecule has 0 saturated carbocycles. The first-order valence-electron chi connectivity index (χ1n) is 9.05. The van der Waals surface area contributed by atoms with Crippen molar-refractivity contribution in [2.24, 2.45) is 5.73 Å². The zero-order valence-electron chi connectivity index (χ0n) is 16.5. The Labute approximate surface area is 180 Å². The third kappa shape index (κ3) is 8.96. The van der Waals surface area contributed by atoms with E-state index in [0.717, 1.165) is 0 Å². The summed E-state index contributed by atoms with van der Waals surface area (Å²) < 4.78 is 37.1. The van der Waals surface area contributed by atoms with Crippen molar-refractivity contribution in [1.29, 1.82) is 0 Å². The zero-order chi connectivity index (χ0) is 24.3. The van der Waals surface area contributed by atoms with E-state index in [0.29, 0.717) is 11.1 Å². The number of esters is 1. The van der Waals surface area contributed by atoms with E-state index >= 15 is 0 Å². The number of benzene rings is 2. The Balaban J connectivity index is 0.000000633. The molecule has 8 nitrogen and oxygen atoms in total. The summed E-state index contributed by atoms with van der Waals surface area (Å²) in [7, 11) is 0. The predicted octanol–water partition coefficient (Wildman–Crippen LogP) is 2.98. The van der Waals surface area contributed by atoms with Gasteiger partial charge in [-0.15, -0.1) is 0 Å². The minimum Gasteiger partial charge on any atom is -0.480 e. The van der Waals surface area contributed by atoms with Crippen LogP contribution in [0.1, 0.15) is 34.9 Å². The molecule has 1 unspecified atom stereocenters. The summed E-state index contributed by atoms with van der Waals surface area (Å²) in [5, 5.41) is 15.9. The van der Waals surface area contributed by atoms with Gasteiger partial charge in [-0.25, -0.2) is 4.79 Å². The number of ether oxygens (including phenoxy) is 1. The van der Waals surface area contributed by atoms with E-state index in [2.05, 4.69) is 0 Å². The first-order chi connectivity index (χ1) is 14.9. The van der Waals surface area contributed by atoms with Crippen molar-refractivity contribution in [2.45, 2.75) is 31.2 Å².